The zero-order valence-corrected chi connectivity index (χ0v) is 15.3. The number of rotatable bonds is 5. The molecule has 1 aromatic rings. The van der Waals surface area contributed by atoms with Gasteiger partial charge in [0, 0.05) is 29.7 Å². The third-order valence-corrected chi connectivity index (χ3v) is 4.79. The summed E-state index contributed by atoms with van der Waals surface area (Å²) in [5.74, 6) is -0.221. The van der Waals surface area contributed by atoms with Crippen molar-refractivity contribution in [2.75, 3.05) is 20.1 Å². The van der Waals surface area contributed by atoms with E-state index >= 15 is 0 Å². The first-order chi connectivity index (χ1) is 11.4. The maximum atomic E-state index is 12.8. The molecule has 0 radical (unpaired) electrons. The summed E-state index contributed by atoms with van der Waals surface area (Å²) in [6.45, 7) is 5.35. The van der Waals surface area contributed by atoms with Gasteiger partial charge in [0.25, 0.3) is 5.91 Å². The van der Waals surface area contributed by atoms with E-state index in [1.54, 1.807) is 24.3 Å². The van der Waals surface area contributed by atoms with Crippen LogP contribution in [-0.2, 0) is 4.79 Å². The van der Waals surface area contributed by atoms with E-state index < -0.39 is 6.04 Å². The second-order valence-corrected chi connectivity index (χ2v) is 7.03. The van der Waals surface area contributed by atoms with Crippen molar-refractivity contribution in [2.24, 2.45) is 5.92 Å². The fourth-order valence-corrected chi connectivity index (χ4v) is 3.05. The minimum Gasteiger partial charge on any atom is -0.341 e. The van der Waals surface area contributed by atoms with E-state index in [-0.39, 0.29) is 17.7 Å². The van der Waals surface area contributed by atoms with Crippen molar-refractivity contribution in [3.8, 4) is 0 Å². The van der Waals surface area contributed by atoms with Gasteiger partial charge in [-0.1, -0.05) is 25.4 Å². The van der Waals surface area contributed by atoms with E-state index in [1.165, 1.54) is 0 Å². The molecule has 1 saturated heterocycles. The van der Waals surface area contributed by atoms with E-state index in [9.17, 15) is 9.59 Å². The lowest BCUT2D eigenvalue weighted by atomic mass is 9.99. The number of carbonyl (C=O) groups excluding carboxylic acids is 2. The summed E-state index contributed by atoms with van der Waals surface area (Å²) in [6.07, 6.45) is 1.89. The number of likely N-dealkylation sites (tertiary alicyclic amines) is 1. The first-order valence-corrected chi connectivity index (χ1v) is 8.82. The largest absolute Gasteiger partial charge is 0.341 e. The van der Waals surface area contributed by atoms with Crippen molar-refractivity contribution in [3.05, 3.63) is 34.9 Å². The first kappa shape index (κ1) is 18.7. The van der Waals surface area contributed by atoms with Crippen molar-refractivity contribution in [1.82, 2.24) is 15.5 Å². The van der Waals surface area contributed by atoms with Gasteiger partial charge in [-0.3, -0.25) is 9.59 Å². The van der Waals surface area contributed by atoms with Gasteiger partial charge in [0.05, 0.1) is 0 Å². The number of amides is 2. The molecule has 1 heterocycles. The topological polar surface area (TPSA) is 61.4 Å². The average molecular weight is 352 g/mol. The molecule has 24 heavy (non-hydrogen) atoms. The highest BCUT2D eigenvalue weighted by atomic mass is 35.5. The second-order valence-electron chi connectivity index (χ2n) is 6.59. The van der Waals surface area contributed by atoms with Gasteiger partial charge in [-0.15, -0.1) is 0 Å². The van der Waals surface area contributed by atoms with E-state index in [0.717, 1.165) is 25.9 Å². The normalized spacial score (nSPS) is 17.0. The van der Waals surface area contributed by atoms with Gasteiger partial charge in [0.1, 0.15) is 6.04 Å². The summed E-state index contributed by atoms with van der Waals surface area (Å²) in [5, 5.41) is 6.72. The SMILES string of the molecule is CNC1CCN(C(=O)C(NC(=O)c2ccc(Cl)cc2)C(C)C)CC1. The Hall–Kier alpha value is -1.59. The van der Waals surface area contributed by atoms with Crippen molar-refractivity contribution >= 4 is 23.4 Å². The number of hydrogen-bond donors (Lipinski definition) is 2. The summed E-state index contributed by atoms with van der Waals surface area (Å²) < 4.78 is 0. The molecule has 6 heteroatoms. The molecule has 1 unspecified atom stereocenters. The number of nitrogens with zero attached hydrogens (tertiary/aromatic N) is 1. The van der Waals surface area contributed by atoms with Crippen molar-refractivity contribution in [3.63, 3.8) is 0 Å². The van der Waals surface area contributed by atoms with Crippen molar-refractivity contribution < 1.29 is 9.59 Å². The standard InChI is InChI=1S/C18H26ClN3O2/c1-12(2)16(18(24)22-10-8-15(20-3)9-11-22)21-17(23)13-4-6-14(19)7-5-13/h4-7,12,15-16,20H,8-11H2,1-3H3,(H,21,23). The summed E-state index contributed by atoms with van der Waals surface area (Å²) in [7, 11) is 1.95. The van der Waals surface area contributed by atoms with Crippen LogP contribution in [0.25, 0.3) is 0 Å². The van der Waals surface area contributed by atoms with E-state index in [1.807, 2.05) is 25.8 Å². The molecule has 0 saturated carbocycles. The van der Waals surface area contributed by atoms with E-state index in [0.29, 0.717) is 16.6 Å². The molecule has 0 bridgehead atoms. The summed E-state index contributed by atoms with van der Waals surface area (Å²) in [6, 6.07) is 6.63. The number of halogens is 1. The summed E-state index contributed by atoms with van der Waals surface area (Å²) in [4.78, 5) is 27.1. The molecule has 2 rings (SSSR count). The Bertz CT molecular complexity index is 566. The summed E-state index contributed by atoms with van der Waals surface area (Å²) >= 11 is 5.85. The molecule has 1 aliphatic heterocycles. The highest BCUT2D eigenvalue weighted by Crippen LogP contribution is 2.15. The van der Waals surface area contributed by atoms with Crippen LogP contribution in [0.1, 0.15) is 37.0 Å². The first-order valence-electron chi connectivity index (χ1n) is 8.45. The van der Waals surface area contributed by atoms with Gasteiger partial charge in [-0.2, -0.15) is 0 Å². The average Bonchev–Trinajstić information content (AvgIpc) is 2.59. The molecule has 132 valence electrons. The molecule has 2 amide bonds. The third-order valence-electron chi connectivity index (χ3n) is 4.54. The van der Waals surface area contributed by atoms with Crippen molar-refractivity contribution in [2.45, 2.75) is 38.8 Å². The van der Waals surface area contributed by atoms with Gasteiger partial charge in [-0.05, 0) is 50.1 Å². The van der Waals surface area contributed by atoms with Crippen LogP contribution >= 0.6 is 11.6 Å². The van der Waals surface area contributed by atoms with E-state index in [2.05, 4.69) is 10.6 Å². The molecule has 1 fully saturated rings. The van der Waals surface area contributed by atoms with Crippen LogP contribution in [0.2, 0.25) is 5.02 Å². The maximum absolute atomic E-state index is 12.8. The van der Waals surface area contributed by atoms with Crippen molar-refractivity contribution in [1.29, 1.82) is 0 Å². The molecule has 0 spiro atoms. The number of piperidine rings is 1. The maximum Gasteiger partial charge on any atom is 0.251 e. The lowest BCUT2D eigenvalue weighted by Crippen LogP contribution is -2.54. The Morgan fingerprint density at radius 3 is 2.25 bits per heavy atom. The lowest BCUT2D eigenvalue weighted by molar-refractivity contribution is -0.135. The minimum absolute atomic E-state index is 0.00173. The van der Waals surface area contributed by atoms with Gasteiger partial charge >= 0.3 is 0 Å². The number of carbonyl (C=O) groups is 2. The van der Waals surface area contributed by atoms with Crippen LogP contribution in [0.5, 0.6) is 0 Å². The molecular formula is C18H26ClN3O2. The number of benzene rings is 1. The van der Waals surface area contributed by atoms with Gasteiger partial charge in [-0.25, -0.2) is 0 Å². The highest BCUT2D eigenvalue weighted by Gasteiger charge is 2.31. The Morgan fingerprint density at radius 2 is 1.75 bits per heavy atom. The Kier molecular flexibility index (Phi) is 6.63. The molecule has 0 aromatic heterocycles. The van der Waals surface area contributed by atoms with Gasteiger partial charge in [0.15, 0.2) is 0 Å². The highest BCUT2D eigenvalue weighted by molar-refractivity contribution is 6.30. The minimum atomic E-state index is -0.515. The Labute approximate surface area is 148 Å². The third kappa shape index (κ3) is 4.71. The molecule has 1 aliphatic rings. The van der Waals surface area contributed by atoms with E-state index in [4.69, 9.17) is 11.6 Å². The van der Waals surface area contributed by atoms with Crippen LogP contribution in [0.3, 0.4) is 0 Å². The molecule has 1 atom stereocenters. The van der Waals surface area contributed by atoms with Crippen LogP contribution in [-0.4, -0.2) is 48.9 Å². The van der Waals surface area contributed by atoms with Gasteiger partial charge in [0.2, 0.25) is 5.91 Å². The molecule has 2 N–H and O–H groups in total. The Balaban J connectivity index is 2.02. The fraction of sp³-hybridized carbons (Fsp3) is 0.556. The predicted molar refractivity (Wildman–Crippen MR) is 96.2 cm³/mol. The molecule has 1 aromatic carbocycles. The van der Waals surface area contributed by atoms with Crippen LogP contribution in [0, 0.1) is 5.92 Å². The van der Waals surface area contributed by atoms with Gasteiger partial charge < -0.3 is 15.5 Å². The number of hydrogen-bond acceptors (Lipinski definition) is 3. The lowest BCUT2D eigenvalue weighted by Gasteiger charge is -2.35. The van der Waals surface area contributed by atoms with Crippen LogP contribution in [0.4, 0.5) is 0 Å². The number of nitrogens with one attached hydrogen (secondary N) is 2. The zero-order valence-electron chi connectivity index (χ0n) is 14.5. The van der Waals surface area contributed by atoms with Crippen LogP contribution in [0.15, 0.2) is 24.3 Å². The summed E-state index contributed by atoms with van der Waals surface area (Å²) in [5.41, 5.74) is 0.506. The predicted octanol–water partition coefficient (Wildman–Crippen LogP) is 2.30. The fourth-order valence-electron chi connectivity index (χ4n) is 2.92. The Morgan fingerprint density at radius 1 is 1.17 bits per heavy atom. The van der Waals surface area contributed by atoms with Crippen LogP contribution < -0.4 is 10.6 Å². The molecular weight excluding hydrogens is 326 g/mol. The second kappa shape index (κ2) is 8.49. The molecule has 0 aliphatic carbocycles. The quantitative estimate of drug-likeness (QED) is 0.855. The smallest absolute Gasteiger partial charge is 0.251 e. The zero-order chi connectivity index (χ0) is 17.7. The monoisotopic (exact) mass is 351 g/mol. The molecule has 5 nitrogen and oxygen atoms in total.